The SMILES string of the molecule is COCCC(C)(C)c1ccccc1Br. The number of benzene rings is 1. The van der Waals surface area contributed by atoms with Crippen molar-refractivity contribution >= 4 is 15.9 Å². The van der Waals surface area contributed by atoms with Gasteiger partial charge in [0.05, 0.1) is 0 Å². The molecule has 2 heteroatoms. The van der Waals surface area contributed by atoms with E-state index in [4.69, 9.17) is 4.74 Å². The van der Waals surface area contributed by atoms with Gasteiger partial charge in [0, 0.05) is 18.2 Å². The fourth-order valence-corrected chi connectivity index (χ4v) is 2.32. The van der Waals surface area contributed by atoms with Gasteiger partial charge in [-0.25, -0.2) is 0 Å². The standard InChI is InChI=1S/C12H17BrO/c1-12(2,8-9-14-3)10-6-4-5-7-11(10)13/h4-7H,8-9H2,1-3H3. The normalized spacial score (nSPS) is 11.7. The minimum absolute atomic E-state index is 0.163. The zero-order chi connectivity index (χ0) is 10.6. The summed E-state index contributed by atoms with van der Waals surface area (Å²) < 4.78 is 6.31. The first-order valence-corrected chi connectivity index (χ1v) is 5.61. The van der Waals surface area contributed by atoms with Gasteiger partial charge in [-0.05, 0) is 23.5 Å². The smallest absolute Gasteiger partial charge is 0.0470 e. The molecule has 1 nitrogen and oxygen atoms in total. The maximum atomic E-state index is 5.12. The van der Waals surface area contributed by atoms with E-state index in [-0.39, 0.29) is 5.41 Å². The molecule has 0 amide bonds. The van der Waals surface area contributed by atoms with Crippen molar-refractivity contribution in [1.82, 2.24) is 0 Å². The van der Waals surface area contributed by atoms with Gasteiger partial charge in [0.15, 0.2) is 0 Å². The Labute approximate surface area is 94.6 Å². The zero-order valence-corrected chi connectivity index (χ0v) is 10.6. The molecule has 14 heavy (non-hydrogen) atoms. The second-order valence-corrected chi connectivity index (χ2v) is 4.96. The van der Waals surface area contributed by atoms with Crippen LogP contribution in [0.3, 0.4) is 0 Å². The summed E-state index contributed by atoms with van der Waals surface area (Å²) in [5, 5.41) is 0. The Balaban J connectivity index is 2.86. The van der Waals surface area contributed by atoms with Crippen molar-refractivity contribution < 1.29 is 4.74 Å². The molecule has 0 aromatic heterocycles. The third-order valence-corrected chi connectivity index (χ3v) is 3.23. The van der Waals surface area contributed by atoms with E-state index >= 15 is 0 Å². The van der Waals surface area contributed by atoms with E-state index in [9.17, 15) is 0 Å². The van der Waals surface area contributed by atoms with Crippen LogP contribution in [0.15, 0.2) is 28.7 Å². The van der Waals surface area contributed by atoms with Crippen LogP contribution in [0.1, 0.15) is 25.8 Å². The summed E-state index contributed by atoms with van der Waals surface area (Å²) in [6.45, 7) is 5.28. The summed E-state index contributed by atoms with van der Waals surface area (Å²) in [7, 11) is 1.75. The molecular formula is C12H17BrO. The summed E-state index contributed by atoms with van der Waals surface area (Å²) in [6, 6.07) is 8.37. The Morgan fingerprint density at radius 1 is 1.29 bits per heavy atom. The molecule has 0 N–H and O–H groups in total. The summed E-state index contributed by atoms with van der Waals surface area (Å²) in [5.41, 5.74) is 1.51. The van der Waals surface area contributed by atoms with Crippen LogP contribution < -0.4 is 0 Å². The lowest BCUT2D eigenvalue weighted by molar-refractivity contribution is 0.174. The second-order valence-electron chi connectivity index (χ2n) is 4.11. The summed E-state index contributed by atoms with van der Waals surface area (Å²) >= 11 is 3.58. The third-order valence-electron chi connectivity index (χ3n) is 2.53. The monoisotopic (exact) mass is 256 g/mol. The largest absolute Gasteiger partial charge is 0.385 e. The molecule has 0 radical (unpaired) electrons. The van der Waals surface area contributed by atoms with Gasteiger partial charge >= 0.3 is 0 Å². The molecule has 0 spiro atoms. The molecule has 0 bridgehead atoms. The third kappa shape index (κ3) is 2.82. The molecular weight excluding hydrogens is 240 g/mol. The minimum atomic E-state index is 0.163. The van der Waals surface area contributed by atoms with E-state index in [1.807, 2.05) is 6.07 Å². The fraction of sp³-hybridized carbons (Fsp3) is 0.500. The molecule has 1 aromatic rings. The van der Waals surface area contributed by atoms with Gasteiger partial charge in [0.1, 0.15) is 0 Å². The van der Waals surface area contributed by atoms with Crippen LogP contribution >= 0.6 is 15.9 Å². The summed E-state index contributed by atoms with van der Waals surface area (Å²) in [5.74, 6) is 0. The average molecular weight is 257 g/mol. The highest BCUT2D eigenvalue weighted by atomic mass is 79.9. The van der Waals surface area contributed by atoms with Crippen LogP contribution in [-0.2, 0) is 10.2 Å². The molecule has 78 valence electrons. The first kappa shape index (κ1) is 11.7. The van der Waals surface area contributed by atoms with Crippen molar-refractivity contribution in [2.24, 2.45) is 0 Å². The van der Waals surface area contributed by atoms with E-state index in [1.165, 1.54) is 10.0 Å². The van der Waals surface area contributed by atoms with Crippen molar-refractivity contribution in [3.05, 3.63) is 34.3 Å². The van der Waals surface area contributed by atoms with E-state index in [1.54, 1.807) is 7.11 Å². The van der Waals surface area contributed by atoms with E-state index in [0.717, 1.165) is 13.0 Å². The number of ether oxygens (including phenoxy) is 1. The predicted octanol–water partition coefficient (Wildman–Crippen LogP) is 3.76. The molecule has 0 unspecified atom stereocenters. The molecule has 1 aromatic carbocycles. The zero-order valence-electron chi connectivity index (χ0n) is 9.01. The second kappa shape index (κ2) is 4.94. The topological polar surface area (TPSA) is 9.23 Å². The van der Waals surface area contributed by atoms with Crippen LogP contribution in [0.4, 0.5) is 0 Å². The number of hydrogen-bond acceptors (Lipinski definition) is 1. The van der Waals surface area contributed by atoms with Crippen LogP contribution in [0.2, 0.25) is 0 Å². The first-order valence-electron chi connectivity index (χ1n) is 4.82. The van der Waals surface area contributed by atoms with Crippen LogP contribution in [-0.4, -0.2) is 13.7 Å². The quantitative estimate of drug-likeness (QED) is 0.797. The average Bonchev–Trinajstić information content (AvgIpc) is 2.15. The number of methoxy groups -OCH3 is 1. The highest BCUT2D eigenvalue weighted by Gasteiger charge is 2.21. The number of hydrogen-bond donors (Lipinski definition) is 0. The number of halogens is 1. The van der Waals surface area contributed by atoms with E-state index < -0.39 is 0 Å². The minimum Gasteiger partial charge on any atom is -0.385 e. The van der Waals surface area contributed by atoms with Crippen molar-refractivity contribution in [2.75, 3.05) is 13.7 Å². The Morgan fingerprint density at radius 3 is 2.50 bits per heavy atom. The molecule has 0 heterocycles. The molecule has 0 aliphatic heterocycles. The van der Waals surface area contributed by atoms with Crippen molar-refractivity contribution in [3.8, 4) is 0 Å². The van der Waals surface area contributed by atoms with Crippen LogP contribution in [0.5, 0.6) is 0 Å². The first-order chi connectivity index (χ1) is 6.58. The highest BCUT2D eigenvalue weighted by Crippen LogP contribution is 2.32. The van der Waals surface area contributed by atoms with Gasteiger partial charge in [-0.3, -0.25) is 0 Å². The molecule has 0 atom stereocenters. The van der Waals surface area contributed by atoms with E-state index in [0.29, 0.717) is 0 Å². The van der Waals surface area contributed by atoms with Gasteiger partial charge in [-0.15, -0.1) is 0 Å². The van der Waals surface area contributed by atoms with E-state index in [2.05, 4.69) is 48.0 Å². The maximum Gasteiger partial charge on any atom is 0.0470 e. The van der Waals surface area contributed by atoms with Gasteiger partial charge in [-0.2, -0.15) is 0 Å². The molecule has 0 saturated heterocycles. The van der Waals surface area contributed by atoms with Gasteiger partial charge < -0.3 is 4.74 Å². The lowest BCUT2D eigenvalue weighted by Crippen LogP contribution is -2.19. The lowest BCUT2D eigenvalue weighted by atomic mass is 9.82. The summed E-state index contributed by atoms with van der Waals surface area (Å²) in [4.78, 5) is 0. The lowest BCUT2D eigenvalue weighted by Gasteiger charge is -2.26. The fourth-order valence-electron chi connectivity index (χ4n) is 1.50. The molecule has 1 rings (SSSR count). The van der Waals surface area contributed by atoms with Crippen molar-refractivity contribution in [1.29, 1.82) is 0 Å². The van der Waals surface area contributed by atoms with Gasteiger partial charge in [0.2, 0.25) is 0 Å². The number of rotatable bonds is 4. The van der Waals surface area contributed by atoms with Gasteiger partial charge in [0.25, 0.3) is 0 Å². The Kier molecular flexibility index (Phi) is 4.14. The van der Waals surface area contributed by atoms with Crippen molar-refractivity contribution in [2.45, 2.75) is 25.7 Å². The summed E-state index contributed by atoms with van der Waals surface area (Å²) in [6.07, 6.45) is 1.03. The van der Waals surface area contributed by atoms with Crippen LogP contribution in [0.25, 0.3) is 0 Å². The predicted molar refractivity (Wildman–Crippen MR) is 63.7 cm³/mol. The molecule has 0 fully saturated rings. The molecule has 0 aliphatic rings. The van der Waals surface area contributed by atoms with Crippen LogP contribution in [0, 0.1) is 0 Å². The molecule has 0 aliphatic carbocycles. The Morgan fingerprint density at radius 2 is 1.93 bits per heavy atom. The maximum absolute atomic E-state index is 5.12. The Bertz CT molecular complexity index is 294. The van der Waals surface area contributed by atoms with Crippen molar-refractivity contribution in [3.63, 3.8) is 0 Å². The highest BCUT2D eigenvalue weighted by molar-refractivity contribution is 9.10. The van der Waals surface area contributed by atoms with Gasteiger partial charge in [-0.1, -0.05) is 48.0 Å². The Hall–Kier alpha value is -0.340. The molecule has 0 saturated carbocycles.